The predicted octanol–water partition coefficient (Wildman–Crippen LogP) is 1.22. The predicted molar refractivity (Wildman–Crippen MR) is 63.8 cm³/mol. The van der Waals surface area contributed by atoms with E-state index >= 15 is 0 Å². The molecule has 0 aromatic heterocycles. The van der Waals surface area contributed by atoms with Gasteiger partial charge in [0.2, 0.25) is 5.91 Å². The first-order chi connectivity index (χ1) is 8.16. The van der Waals surface area contributed by atoms with Crippen molar-refractivity contribution < 1.29 is 9.18 Å². The largest absolute Gasteiger partial charge is 0.355 e. The van der Waals surface area contributed by atoms with E-state index in [9.17, 15) is 9.18 Å². The third kappa shape index (κ3) is 2.82. The molecule has 1 amide bonds. The maximum absolute atomic E-state index is 12.7. The Hall–Kier alpha value is -1.42. The van der Waals surface area contributed by atoms with Crippen molar-refractivity contribution in [1.82, 2.24) is 5.32 Å². The molecule has 3 N–H and O–H groups in total. The van der Waals surface area contributed by atoms with E-state index in [0.29, 0.717) is 19.5 Å². The zero-order valence-corrected chi connectivity index (χ0v) is 9.71. The van der Waals surface area contributed by atoms with Crippen LogP contribution in [0.5, 0.6) is 0 Å². The Bertz CT molecular complexity index is 398. The molecule has 0 atom stereocenters. The monoisotopic (exact) mass is 236 g/mol. The first-order valence-corrected chi connectivity index (χ1v) is 5.89. The van der Waals surface area contributed by atoms with Gasteiger partial charge in [0.25, 0.3) is 0 Å². The van der Waals surface area contributed by atoms with Crippen molar-refractivity contribution in [1.29, 1.82) is 0 Å². The molecule has 1 aromatic rings. The number of hydrogen-bond donors (Lipinski definition) is 2. The SMILES string of the molecule is NCC1(C(=O)NCCc2ccc(F)cc2)CC1. The number of rotatable bonds is 5. The number of nitrogens with two attached hydrogens (primary N) is 1. The van der Waals surface area contributed by atoms with Crippen LogP contribution in [0.4, 0.5) is 4.39 Å². The minimum Gasteiger partial charge on any atom is -0.355 e. The summed E-state index contributed by atoms with van der Waals surface area (Å²) in [6.45, 7) is 1.00. The van der Waals surface area contributed by atoms with Gasteiger partial charge in [0, 0.05) is 13.1 Å². The number of hydrogen-bond acceptors (Lipinski definition) is 2. The average molecular weight is 236 g/mol. The van der Waals surface area contributed by atoms with Crippen LogP contribution in [0.1, 0.15) is 18.4 Å². The van der Waals surface area contributed by atoms with Crippen LogP contribution in [0, 0.1) is 11.2 Å². The maximum atomic E-state index is 12.7. The molecule has 1 fully saturated rings. The van der Waals surface area contributed by atoms with Crippen LogP contribution in [0.15, 0.2) is 24.3 Å². The van der Waals surface area contributed by atoms with Crippen LogP contribution in [-0.2, 0) is 11.2 Å². The van der Waals surface area contributed by atoms with Crippen LogP contribution in [0.2, 0.25) is 0 Å². The fourth-order valence-electron chi connectivity index (χ4n) is 1.83. The molecular weight excluding hydrogens is 219 g/mol. The topological polar surface area (TPSA) is 55.1 Å². The summed E-state index contributed by atoms with van der Waals surface area (Å²) in [5, 5.41) is 2.89. The highest BCUT2D eigenvalue weighted by molar-refractivity contribution is 5.85. The summed E-state index contributed by atoms with van der Waals surface area (Å²) in [6, 6.07) is 6.33. The standard InChI is InChI=1S/C13H17FN2O/c14-11-3-1-10(2-4-11)5-8-16-12(17)13(9-15)6-7-13/h1-4H,5-9,15H2,(H,16,17). The third-order valence-corrected chi connectivity index (χ3v) is 3.34. The molecule has 0 spiro atoms. The highest BCUT2D eigenvalue weighted by Crippen LogP contribution is 2.44. The van der Waals surface area contributed by atoms with Gasteiger partial charge in [-0.15, -0.1) is 0 Å². The van der Waals surface area contributed by atoms with Gasteiger partial charge >= 0.3 is 0 Å². The second-order valence-corrected chi connectivity index (χ2v) is 4.62. The molecular formula is C13H17FN2O. The molecule has 3 nitrogen and oxygen atoms in total. The van der Waals surface area contributed by atoms with Gasteiger partial charge in [-0.3, -0.25) is 4.79 Å². The first-order valence-electron chi connectivity index (χ1n) is 5.89. The van der Waals surface area contributed by atoms with E-state index < -0.39 is 0 Å². The van der Waals surface area contributed by atoms with Gasteiger partial charge in [-0.05, 0) is 37.0 Å². The Kier molecular flexibility index (Phi) is 3.43. The van der Waals surface area contributed by atoms with E-state index in [0.717, 1.165) is 18.4 Å². The molecule has 1 aliphatic rings. The normalized spacial score (nSPS) is 16.6. The highest BCUT2D eigenvalue weighted by Gasteiger charge is 2.48. The number of carbonyl (C=O) groups excluding carboxylic acids is 1. The van der Waals surface area contributed by atoms with Crippen LogP contribution < -0.4 is 11.1 Å². The second-order valence-electron chi connectivity index (χ2n) is 4.62. The Morgan fingerprint density at radius 3 is 2.53 bits per heavy atom. The van der Waals surface area contributed by atoms with E-state index in [4.69, 9.17) is 5.73 Å². The van der Waals surface area contributed by atoms with Gasteiger partial charge in [0.15, 0.2) is 0 Å². The van der Waals surface area contributed by atoms with Crippen molar-refractivity contribution in [2.75, 3.05) is 13.1 Å². The molecule has 0 radical (unpaired) electrons. The van der Waals surface area contributed by atoms with Gasteiger partial charge in [-0.2, -0.15) is 0 Å². The maximum Gasteiger partial charge on any atom is 0.227 e. The molecule has 1 saturated carbocycles. The van der Waals surface area contributed by atoms with Crippen LogP contribution in [0.3, 0.4) is 0 Å². The summed E-state index contributed by atoms with van der Waals surface area (Å²) in [4.78, 5) is 11.8. The number of halogens is 1. The van der Waals surface area contributed by atoms with Gasteiger partial charge in [0.1, 0.15) is 5.82 Å². The minimum atomic E-state index is -0.289. The molecule has 2 rings (SSSR count). The van der Waals surface area contributed by atoms with Crippen molar-refractivity contribution in [2.24, 2.45) is 11.1 Å². The zero-order valence-electron chi connectivity index (χ0n) is 9.71. The Morgan fingerprint density at radius 1 is 1.35 bits per heavy atom. The zero-order chi connectivity index (χ0) is 12.3. The fraction of sp³-hybridized carbons (Fsp3) is 0.462. The minimum absolute atomic E-state index is 0.0575. The van der Waals surface area contributed by atoms with E-state index in [1.54, 1.807) is 12.1 Å². The lowest BCUT2D eigenvalue weighted by molar-refractivity contribution is -0.125. The lowest BCUT2D eigenvalue weighted by Gasteiger charge is -2.12. The number of carbonyl (C=O) groups is 1. The molecule has 4 heteroatoms. The smallest absolute Gasteiger partial charge is 0.227 e. The summed E-state index contributed by atoms with van der Waals surface area (Å²) in [5.41, 5.74) is 6.30. The summed E-state index contributed by atoms with van der Waals surface area (Å²) in [5.74, 6) is -0.181. The molecule has 0 saturated heterocycles. The average Bonchev–Trinajstić information content (AvgIpc) is 3.12. The summed E-state index contributed by atoms with van der Waals surface area (Å²) in [6.07, 6.45) is 2.50. The van der Waals surface area contributed by atoms with E-state index in [1.807, 2.05) is 0 Å². The first kappa shape index (κ1) is 12.0. The van der Waals surface area contributed by atoms with E-state index in [-0.39, 0.29) is 17.1 Å². The van der Waals surface area contributed by atoms with Gasteiger partial charge < -0.3 is 11.1 Å². The number of benzene rings is 1. The number of amides is 1. The van der Waals surface area contributed by atoms with Gasteiger partial charge in [0.05, 0.1) is 5.41 Å². The lowest BCUT2D eigenvalue weighted by Crippen LogP contribution is -2.37. The lowest BCUT2D eigenvalue weighted by atomic mass is 10.1. The number of nitrogens with one attached hydrogen (secondary N) is 1. The molecule has 0 aliphatic heterocycles. The van der Waals surface area contributed by atoms with Crippen LogP contribution >= 0.6 is 0 Å². The third-order valence-electron chi connectivity index (χ3n) is 3.34. The van der Waals surface area contributed by atoms with Crippen molar-refractivity contribution in [3.8, 4) is 0 Å². The van der Waals surface area contributed by atoms with Gasteiger partial charge in [-0.25, -0.2) is 4.39 Å². The van der Waals surface area contributed by atoms with Crippen molar-refractivity contribution in [2.45, 2.75) is 19.3 Å². The molecule has 0 heterocycles. The fourth-order valence-corrected chi connectivity index (χ4v) is 1.83. The Morgan fingerprint density at radius 2 is 2.00 bits per heavy atom. The molecule has 92 valence electrons. The van der Waals surface area contributed by atoms with E-state index in [1.165, 1.54) is 12.1 Å². The molecule has 0 bridgehead atoms. The summed E-state index contributed by atoms with van der Waals surface area (Å²) in [7, 11) is 0. The second kappa shape index (κ2) is 4.84. The summed E-state index contributed by atoms with van der Waals surface area (Å²) >= 11 is 0. The Balaban J connectivity index is 1.76. The van der Waals surface area contributed by atoms with E-state index in [2.05, 4.69) is 5.32 Å². The van der Waals surface area contributed by atoms with Crippen LogP contribution in [-0.4, -0.2) is 19.0 Å². The van der Waals surface area contributed by atoms with Gasteiger partial charge in [-0.1, -0.05) is 12.1 Å². The van der Waals surface area contributed by atoms with Crippen LogP contribution in [0.25, 0.3) is 0 Å². The molecule has 1 aliphatic carbocycles. The van der Waals surface area contributed by atoms with Crippen molar-refractivity contribution >= 4 is 5.91 Å². The van der Waals surface area contributed by atoms with Crippen molar-refractivity contribution in [3.63, 3.8) is 0 Å². The quantitative estimate of drug-likeness (QED) is 0.807. The Labute approximate surface area is 100 Å². The highest BCUT2D eigenvalue weighted by atomic mass is 19.1. The molecule has 17 heavy (non-hydrogen) atoms. The molecule has 1 aromatic carbocycles. The summed E-state index contributed by atoms with van der Waals surface area (Å²) < 4.78 is 12.7. The van der Waals surface area contributed by atoms with Crippen molar-refractivity contribution in [3.05, 3.63) is 35.6 Å². The molecule has 0 unspecified atom stereocenters.